The standard InChI is InChI=1S/C20H27NO/c1-14(2)16-5-3-6-17(9-16)18-7-4-8-21(13-18)19(22)20-10-15(11-20)12-20/h3,5-6,9,14-15,18H,4,7-8,10-13H2,1-2H3. The second-order valence-corrected chi connectivity index (χ2v) is 8.17. The summed E-state index contributed by atoms with van der Waals surface area (Å²) in [6.45, 7) is 6.41. The van der Waals surface area contributed by atoms with E-state index >= 15 is 0 Å². The second-order valence-electron chi connectivity index (χ2n) is 8.17. The third-order valence-corrected chi connectivity index (χ3v) is 6.25. The van der Waals surface area contributed by atoms with Gasteiger partial charge >= 0.3 is 0 Å². The number of nitrogens with zero attached hydrogens (tertiary/aromatic N) is 1. The van der Waals surface area contributed by atoms with Crippen molar-refractivity contribution in [1.29, 1.82) is 0 Å². The predicted molar refractivity (Wildman–Crippen MR) is 88.9 cm³/mol. The van der Waals surface area contributed by atoms with Crippen LogP contribution in [0.2, 0.25) is 0 Å². The molecule has 0 radical (unpaired) electrons. The van der Waals surface area contributed by atoms with E-state index in [1.165, 1.54) is 36.8 Å². The molecule has 1 saturated heterocycles. The van der Waals surface area contributed by atoms with Crippen molar-refractivity contribution in [2.75, 3.05) is 13.1 Å². The number of carbonyl (C=O) groups excluding carboxylic acids is 1. The van der Waals surface area contributed by atoms with Crippen molar-refractivity contribution in [2.45, 2.75) is 57.8 Å². The summed E-state index contributed by atoms with van der Waals surface area (Å²) in [5.74, 6) is 2.46. The molecule has 4 fully saturated rings. The van der Waals surface area contributed by atoms with E-state index in [-0.39, 0.29) is 5.41 Å². The molecular weight excluding hydrogens is 270 g/mol. The zero-order chi connectivity index (χ0) is 15.3. The maximum Gasteiger partial charge on any atom is 0.228 e. The first-order valence-electron chi connectivity index (χ1n) is 8.97. The molecule has 5 rings (SSSR count). The molecule has 3 aliphatic carbocycles. The number of piperidine rings is 1. The molecule has 1 unspecified atom stereocenters. The minimum atomic E-state index is 0.0896. The number of carbonyl (C=O) groups is 1. The molecular formula is C20H27NO. The van der Waals surface area contributed by atoms with Crippen LogP contribution in [0.5, 0.6) is 0 Å². The van der Waals surface area contributed by atoms with Crippen LogP contribution in [0, 0.1) is 11.3 Å². The monoisotopic (exact) mass is 297 g/mol. The van der Waals surface area contributed by atoms with Crippen LogP contribution < -0.4 is 0 Å². The van der Waals surface area contributed by atoms with E-state index in [1.54, 1.807) is 0 Å². The number of hydrogen-bond donors (Lipinski definition) is 0. The lowest BCUT2D eigenvalue weighted by Crippen LogP contribution is -2.62. The molecule has 0 aromatic heterocycles. The summed E-state index contributed by atoms with van der Waals surface area (Å²) in [6.07, 6.45) is 5.91. The quantitative estimate of drug-likeness (QED) is 0.814. The molecule has 1 aliphatic heterocycles. The summed E-state index contributed by atoms with van der Waals surface area (Å²) in [5.41, 5.74) is 2.94. The Balaban J connectivity index is 1.48. The van der Waals surface area contributed by atoms with Crippen LogP contribution in [-0.4, -0.2) is 23.9 Å². The molecule has 2 nitrogen and oxygen atoms in total. The van der Waals surface area contributed by atoms with E-state index in [1.807, 2.05) is 0 Å². The fraction of sp³-hybridized carbons (Fsp3) is 0.650. The topological polar surface area (TPSA) is 20.3 Å². The lowest BCUT2D eigenvalue weighted by Gasteiger charge is -2.61. The van der Waals surface area contributed by atoms with Gasteiger partial charge < -0.3 is 4.90 Å². The molecule has 1 aromatic carbocycles. The molecule has 4 aliphatic rings. The number of hydrogen-bond acceptors (Lipinski definition) is 1. The molecule has 1 atom stereocenters. The highest BCUT2D eigenvalue weighted by Gasteiger charge is 2.62. The number of amides is 1. The molecule has 0 spiro atoms. The maximum absolute atomic E-state index is 12.8. The van der Waals surface area contributed by atoms with Crippen molar-refractivity contribution in [3.8, 4) is 0 Å². The minimum absolute atomic E-state index is 0.0896. The molecule has 118 valence electrons. The lowest BCUT2D eigenvalue weighted by atomic mass is 9.44. The Labute approximate surface area is 133 Å². The summed E-state index contributed by atoms with van der Waals surface area (Å²) in [7, 11) is 0. The maximum atomic E-state index is 12.8. The van der Waals surface area contributed by atoms with Crippen LogP contribution in [0.15, 0.2) is 24.3 Å². The summed E-state index contributed by atoms with van der Waals surface area (Å²) >= 11 is 0. The van der Waals surface area contributed by atoms with Crippen LogP contribution in [-0.2, 0) is 4.79 Å². The number of likely N-dealkylation sites (tertiary alicyclic amines) is 1. The van der Waals surface area contributed by atoms with E-state index in [9.17, 15) is 4.79 Å². The highest BCUT2D eigenvalue weighted by Crippen LogP contribution is 2.65. The van der Waals surface area contributed by atoms with Gasteiger partial charge in [0, 0.05) is 19.0 Å². The van der Waals surface area contributed by atoms with Gasteiger partial charge in [-0.1, -0.05) is 38.1 Å². The highest BCUT2D eigenvalue weighted by molar-refractivity contribution is 5.86. The van der Waals surface area contributed by atoms with Crippen LogP contribution >= 0.6 is 0 Å². The Morgan fingerprint density at radius 1 is 1.27 bits per heavy atom. The lowest BCUT2D eigenvalue weighted by molar-refractivity contribution is -0.178. The molecule has 2 bridgehead atoms. The van der Waals surface area contributed by atoms with Gasteiger partial charge in [-0.25, -0.2) is 0 Å². The van der Waals surface area contributed by atoms with E-state index in [0.29, 0.717) is 17.7 Å². The fourth-order valence-electron chi connectivity index (χ4n) is 4.68. The van der Waals surface area contributed by atoms with Gasteiger partial charge in [-0.15, -0.1) is 0 Å². The summed E-state index contributed by atoms with van der Waals surface area (Å²) < 4.78 is 0. The van der Waals surface area contributed by atoms with Crippen LogP contribution in [0.25, 0.3) is 0 Å². The molecule has 3 saturated carbocycles. The van der Waals surface area contributed by atoms with Crippen LogP contribution in [0.3, 0.4) is 0 Å². The largest absolute Gasteiger partial charge is 0.342 e. The zero-order valence-electron chi connectivity index (χ0n) is 13.8. The third-order valence-electron chi connectivity index (χ3n) is 6.25. The van der Waals surface area contributed by atoms with Gasteiger partial charge in [0.2, 0.25) is 5.91 Å². The highest BCUT2D eigenvalue weighted by atomic mass is 16.2. The number of rotatable bonds is 3. The Kier molecular flexibility index (Phi) is 3.32. The Morgan fingerprint density at radius 3 is 2.68 bits per heavy atom. The average Bonchev–Trinajstić information content (AvgIpc) is 2.44. The molecule has 22 heavy (non-hydrogen) atoms. The fourth-order valence-corrected chi connectivity index (χ4v) is 4.68. The van der Waals surface area contributed by atoms with Crippen LogP contribution in [0.1, 0.15) is 68.9 Å². The molecule has 2 heteroatoms. The second kappa shape index (κ2) is 5.11. The van der Waals surface area contributed by atoms with E-state index < -0.39 is 0 Å². The average molecular weight is 297 g/mol. The van der Waals surface area contributed by atoms with Crippen molar-refractivity contribution < 1.29 is 4.79 Å². The summed E-state index contributed by atoms with van der Waals surface area (Å²) in [6, 6.07) is 9.03. The van der Waals surface area contributed by atoms with Crippen molar-refractivity contribution in [1.82, 2.24) is 4.90 Å². The molecule has 0 N–H and O–H groups in total. The van der Waals surface area contributed by atoms with Crippen molar-refractivity contribution in [3.63, 3.8) is 0 Å². The van der Waals surface area contributed by atoms with Gasteiger partial charge in [0.1, 0.15) is 0 Å². The molecule has 1 heterocycles. The van der Waals surface area contributed by atoms with Gasteiger partial charge in [0.05, 0.1) is 5.41 Å². The van der Waals surface area contributed by atoms with E-state index in [4.69, 9.17) is 0 Å². The SMILES string of the molecule is CC(C)c1cccc(C2CCCN(C(=O)C34CC(C3)C4)C2)c1. The van der Waals surface area contributed by atoms with E-state index in [0.717, 1.165) is 25.4 Å². The van der Waals surface area contributed by atoms with Crippen molar-refractivity contribution in [3.05, 3.63) is 35.4 Å². The Hall–Kier alpha value is -1.31. The Bertz CT molecular complexity index is 574. The molecule has 1 amide bonds. The first-order chi connectivity index (χ1) is 10.6. The Morgan fingerprint density at radius 2 is 2.05 bits per heavy atom. The van der Waals surface area contributed by atoms with Gasteiger partial charge in [0.25, 0.3) is 0 Å². The third kappa shape index (κ3) is 2.19. The summed E-state index contributed by atoms with van der Waals surface area (Å²) in [4.78, 5) is 15.0. The van der Waals surface area contributed by atoms with Gasteiger partial charge in [-0.2, -0.15) is 0 Å². The zero-order valence-corrected chi connectivity index (χ0v) is 13.8. The minimum Gasteiger partial charge on any atom is -0.342 e. The van der Waals surface area contributed by atoms with Gasteiger partial charge in [-0.05, 0) is 55.1 Å². The van der Waals surface area contributed by atoms with Crippen molar-refractivity contribution >= 4 is 5.91 Å². The first-order valence-corrected chi connectivity index (χ1v) is 8.97. The van der Waals surface area contributed by atoms with Crippen molar-refractivity contribution in [2.24, 2.45) is 11.3 Å². The van der Waals surface area contributed by atoms with Crippen LogP contribution in [0.4, 0.5) is 0 Å². The first kappa shape index (κ1) is 14.3. The number of benzene rings is 1. The van der Waals surface area contributed by atoms with E-state index in [2.05, 4.69) is 43.0 Å². The smallest absolute Gasteiger partial charge is 0.228 e. The van der Waals surface area contributed by atoms with Gasteiger partial charge in [0.15, 0.2) is 0 Å². The normalized spacial score (nSPS) is 33.3. The summed E-state index contributed by atoms with van der Waals surface area (Å²) in [5, 5.41) is 0. The van der Waals surface area contributed by atoms with Gasteiger partial charge in [-0.3, -0.25) is 4.79 Å². The molecule has 1 aromatic rings. The predicted octanol–water partition coefficient (Wildman–Crippen LogP) is 4.32.